The number of hydrogen-bond donors (Lipinski definition) is 2. The van der Waals surface area contributed by atoms with Gasteiger partial charge in [-0.2, -0.15) is 0 Å². The van der Waals surface area contributed by atoms with Crippen LogP contribution in [0.15, 0.2) is 11.5 Å². The average Bonchev–Trinajstić information content (AvgIpc) is 2.52. The molecule has 3 N–H and O–H groups in total. The maximum absolute atomic E-state index is 13.5. The lowest BCUT2D eigenvalue weighted by Gasteiger charge is -2.10. The molecule has 0 aliphatic rings. The molecule has 0 atom stereocenters. The second-order valence-electron chi connectivity index (χ2n) is 3.91. The third kappa shape index (κ3) is 5.76. The van der Waals surface area contributed by atoms with Crippen LogP contribution in [0.2, 0.25) is 0 Å². The van der Waals surface area contributed by atoms with Crippen LogP contribution in [-0.2, 0) is 4.18 Å². The van der Waals surface area contributed by atoms with Gasteiger partial charge in [0.1, 0.15) is 11.3 Å². The van der Waals surface area contributed by atoms with Crippen LogP contribution in [0.5, 0.6) is 0 Å². The van der Waals surface area contributed by atoms with Gasteiger partial charge in [0.15, 0.2) is 23.3 Å². The first-order valence-electron chi connectivity index (χ1n) is 6.62. The van der Waals surface area contributed by atoms with Crippen molar-refractivity contribution in [3.05, 3.63) is 40.3 Å². The van der Waals surface area contributed by atoms with Crippen molar-refractivity contribution in [2.45, 2.75) is 20.8 Å². The van der Waals surface area contributed by atoms with Gasteiger partial charge >= 0.3 is 0 Å². The van der Waals surface area contributed by atoms with E-state index in [2.05, 4.69) is 11.9 Å². The molecule has 0 saturated carbocycles. The summed E-state index contributed by atoms with van der Waals surface area (Å²) < 4.78 is 58.3. The van der Waals surface area contributed by atoms with Gasteiger partial charge < -0.3 is 15.2 Å². The fourth-order valence-corrected chi connectivity index (χ4v) is 1.65. The summed E-state index contributed by atoms with van der Waals surface area (Å²) in [4.78, 5) is 12.2. The Labute approximate surface area is 136 Å². The lowest BCUT2D eigenvalue weighted by Crippen LogP contribution is -2.29. The summed E-state index contributed by atoms with van der Waals surface area (Å²) in [5, 5.41) is 2.07. The Morgan fingerprint density at radius 2 is 1.65 bits per heavy atom. The van der Waals surface area contributed by atoms with Crippen LogP contribution < -0.4 is 11.1 Å². The molecule has 1 aromatic rings. The lowest BCUT2D eigenvalue weighted by molar-refractivity contribution is 0.0937. The first-order chi connectivity index (χ1) is 10.8. The van der Waals surface area contributed by atoms with Crippen LogP contribution in [0.25, 0.3) is 0 Å². The quantitative estimate of drug-likeness (QED) is 0.268. The second kappa shape index (κ2) is 10.1. The average molecular weight is 354 g/mol. The number of anilines is 1. The zero-order valence-electron chi connectivity index (χ0n) is 12.9. The van der Waals surface area contributed by atoms with Crippen molar-refractivity contribution < 1.29 is 26.5 Å². The summed E-state index contributed by atoms with van der Waals surface area (Å²) >= 11 is 0.961. The number of hydrogen-bond acceptors (Lipinski definition) is 4. The molecule has 9 heteroatoms. The molecule has 0 radical (unpaired) electrons. The first-order valence-corrected chi connectivity index (χ1v) is 7.36. The standard InChI is InChI=1S/C12H12F4N2O2S.C2H6/c1-5(2)21-20-4-3-18-12(19)6-7(13)9(15)11(17)10(16)8(6)14;1-2/h1,3-4,17H2,2H3,(H,18,19);1-2H3. The van der Waals surface area contributed by atoms with Crippen molar-refractivity contribution in [3.8, 4) is 0 Å². The van der Waals surface area contributed by atoms with Gasteiger partial charge in [-0.3, -0.25) is 4.79 Å². The Balaban J connectivity index is 0.00000232. The zero-order chi connectivity index (χ0) is 18.2. The molecule has 0 aliphatic carbocycles. The number of nitrogens with two attached hydrogens (primary N) is 1. The Morgan fingerprint density at radius 1 is 1.17 bits per heavy atom. The second-order valence-corrected chi connectivity index (χ2v) is 5.01. The number of rotatable bonds is 6. The molecule has 0 heterocycles. The highest BCUT2D eigenvalue weighted by molar-refractivity contribution is 7.98. The largest absolute Gasteiger partial charge is 0.394 e. The monoisotopic (exact) mass is 354 g/mol. The highest BCUT2D eigenvalue weighted by Gasteiger charge is 2.27. The van der Waals surface area contributed by atoms with Crippen molar-refractivity contribution >= 4 is 23.6 Å². The van der Waals surface area contributed by atoms with Crippen LogP contribution in [0, 0.1) is 23.3 Å². The van der Waals surface area contributed by atoms with Gasteiger partial charge in [0, 0.05) is 23.5 Å². The van der Waals surface area contributed by atoms with E-state index in [1.54, 1.807) is 6.92 Å². The minimum atomic E-state index is -1.85. The zero-order valence-corrected chi connectivity index (χ0v) is 13.8. The van der Waals surface area contributed by atoms with Gasteiger partial charge in [-0.05, 0) is 6.92 Å². The maximum Gasteiger partial charge on any atom is 0.257 e. The minimum absolute atomic E-state index is 0.00639. The topological polar surface area (TPSA) is 64.3 Å². The van der Waals surface area contributed by atoms with Crippen molar-refractivity contribution in [1.82, 2.24) is 5.32 Å². The van der Waals surface area contributed by atoms with Crippen molar-refractivity contribution in [2.24, 2.45) is 0 Å². The van der Waals surface area contributed by atoms with Gasteiger partial charge in [0.25, 0.3) is 5.91 Å². The molecule has 0 bridgehead atoms. The van der Waals surface area contributed by atoms with E-state index in [1.807, 2.05) is 13.8 Å². The van der Waals surface area contributed by atoms with E-state index in [0.29, 0.717) is 4.91 Å². The fourth-order valence-electron chi connectivity index (χ4n) is 1.28. The molecule has 0 fully saturated rings. The number of amides is 1. The Morgan fingerprint density at radius 3 is 2.09 bits per heavy atom. The smallest absolute Gasteiger partial charge is 0.257 e. The molecule has 1 aromatic carbocycles. The van der Waals surface area contributed by atoms with Gasteiger partial charge in [-0.1, -0.05) is 20.4 Å². The summed E-state index contributed by atoms with van der Waals surface area (Å²) in [6, 6.07) is 0. The molecule has 0 spiro atoms. The summed E-state index contributed by atoms with van der Waals surface area (Å²) in [7, 11) is 0. The molecule has 0 aliphatic heterocycles. The predicted molar refractivity (Wildman–Crippen MR) is 82.7 cm³/mol. The predicted octanol–water partition coefficient (Wildman–Crippen LogP) is 3.78. The lowest BCUT2D eigenvalue weighted by atomic mass is 10.1. The molecule has 23 heavy (non-hydrogen) atoms. The van der Waals surface area contributed by atoms with Crippen molar-refractivity contribution in [1.29, 1.82) is 0 Å². The van der Waals surface area contributed by atoms with E-state index in [4.69, 9.17) is 9.92 Å². The molecule has 1 amide bonds. The molecule has 0 saturated heterocycles. The Hall–Kier alpha value is -1.74. The van der Waals surface area contributed by atoms with Crippen molar-refractivity contribution in [2.75, 3.05) is 18.9 Å². The van der Waals surface area contributed by atoms with E-state index in [-0.39, 0.29) is 13.2 Å². The molecule has 1 rings (SSSR count). The SMILES string of the molecule is C=C(C)SOCCNC(=O)c1c(F)c(F)c(N)c(F)c1F.CC. The van der Waals surface area contributed by atoms with Crippen LogP contribution in [0.3, 0.4) is 0 Å². The highest BCUT2D eigenvalue weighted by atomic mass is 32.2. The number of allylic oxidation sites excluding steroid dienone is 1. The van der Waals surface area contributed by atoms with Crippen LogP contribution >= 0.6 is 12.0 Å². The number of nitrogen functional groups attached to an aromatic ring is 1. The van der Waals surface area contributed by atoms with Crippen LogP contribution in [0.4, 0.5) is 23.2 Å². The maximum atomic E-state index is 13.5. The molecule has 0 unspecified atom stereocenters. The highest BCUT2D eigenvalue weighted by Crippen LogP contribution is 2.25. The van der Waals surface area contributed by atoms with Crippen LogP contribution in [-0.4, -0.2) is 19.1 Å². The third-order valence-corrected chi connectivity index (χ3v) is 2.77. The number of halogens is 4. The first kappa shape index (κ1) is 21.3. The number of benzene rings is 1. The Kier molecular flexibility index (Phi) is 9.35. The molecular formula is C14H18F4N2O2S. The number of carbonyl (C=O) groups is 1. The number of nitrogens with one attached hydrogen (secondary N) is 1. The van der Waals surface area contributed by atoms with Crippen molar-refractivity contribution in [3.63, 3.8) is 0 Å². The molecule has 130 valence electrons. The van der Waals surface area contributed by atoms with E-state index in [1.165, 1.54) is 0 Å². The minimum Gasteiger partial charge on any atom is -0.394 e. The van der Waals surface area contributed by atoms with E-state index >= 15 is 0 Å². The number of carbonyl (C=O) groups excluding carboxylic acids is 1. The Bertz CT molecular complexity index is 553. The summed E-state index contributed by atoms with van der Waals surface area (Å²) in [5.74, 6) is -8.63. The molecule has 0 aromatic heterocycles. The summed E-state index contributed by atoms with van der Waals surface area (Å²) in [5.41, 5.74) is 2.14. The molecule has 4 nitrogen and oxygen atoms in total. The van der Waals surface area contributed by atoms with E-state index in [0.717, 1.165) is 12.0 Å². The van der Waals surface area contributed by atoms with Gasteiger partial charge in [-0.15, -0.1) is 0 Å². The van der Waals surface area contributed by atoms with Gasteiger partial charge in [-0.25, -0.2) is 17.6 Å². The van der Waals surface area contributed by atoms with Crippen LogP contribution in [0.1, 0.15) is 31.1 Å². The van der Waals surface area contributed by atoms with E-state index < -0.39 is 40.4 Å². The normalized spacial score (nSPS) is 9.87. The van der Waals surface area contributed by atoms with Gasteiger partial charge in [0.05, 0.1) is 6.61 Å². The van der Waals surface area contributed by atoms with E-state index in [9.17, 15) is 22.4 Å². The third-order valence-electron chi connectivity index (χ3n) is 2.20. The summed E-state index contributed by atoms with van der Waals surface area (Å²) in [6.07, 6.45) is 0. The van der Waals surface area contributed by atoms with Gasteiger partial charge in [0.2, 0.25) is 0 Å². The summed E-state index contributed by atoms with van der Waals surface area (Å²) in [6.45, 7) is 9.12. The molecular weight excluding hydrogens is 336 g/mol. The fraction of sp³-hybridized carbons (Fsp3) is 0.357.